The van der Waals surface area contributed by atoms with Gasteiger partial charge >= 0.3 is 0 Å². The standard InChI is InChI=1S/C11H12ClN3O2S/c1-7(16)18-6-8-2-11(17)15(5-8)10-4-13-9(12)3-14-10/h3-4,8H,2,5-6H2,1H3. The van der Waals surface area contributed by atoms with Crippen LogP contribution < -0.4 is 4.90 Å². The second-order valence-electron chi connectivity index (χ2n) is 4.07. The Labute approximate surface area is 114 Å². The lowest BCUT2D eigenvalue weighted by Gasteiger charge is -2.14. The molecule has 1 aromatic heterocycles. The number of rotatable bonds is 3. The summed E-state index contributed by atoms with van der Waals surface area (Å²) in [5, 5.41) is 0.376. The number of halogens is 1. The molecule has 7 heteroatoms. The predicted octanol–water partition coefficient (Wildman–Crippen LogP) is 1.76. The molecule has 0 radical (unpaired) electrons. The van der Waals surface area contributed by atoms with Gasteiger partial charge in [-0.15, -0.1) is 0 Å². The highest BCUT2D eigenvalue weighted by Crippen LogP contribution is 2.26. The molecule has 1 aliphatic heterocycles. The molecule has 1 atom stereocenters. The zero-order valence-corrected chi connectivity index (χ0v) is 11.4. The van der Waals surface area contributed by atoms with Crippen molar-refractivity contribution in [3.8, 4) is 0 Å². The minimum absolute atomic E-state index is 0.0146. The molecule has 1 aromatic rings. The minimum atomic E-state index is 0.0146. The van der Waals surface area contributed by atoms with Crippen molar-refractivity contribution in [2.45, 2.75) is 13.3 Å². The van der Waals surface area contributed by atoms with Gasteiger partial charge in [0.25, 0.3) is 0 Å². The molecule has 1 amide bonds. The van der Waals surface area contributed by atoms with Crippen molar-refractivity contribution in [1.29, 1.82) is 0 Å². The van der Waals surface area contributed by atoms with E-state index in [2.05, 4.69) is 9.97 Å². The van der Waals surface area contributed by atoms with E-state index in [0.717, 1.165) is 0 Å². The number of carbonyl (C=O) groups is 2. The molecule has 5 nitrogen and oxygen atoms in total. The third-order valence-corrected chi connectivity index (χ3v) is 3.85. The molecule has 0 saturated carbocycles. The summed E-state index contributed by atoms with van der Waals surface area (Å²) in [6.45, 7) is 2.11. The third kappa shape index (κ3) is 3.20. The van der Waals surface area contributed by atoms with Crippen LogP contribution in [0.4, 0.5) is 5.82 Å². The number of amides is 1. The van der Waals surface area contributed by atoms with E-state index < -0.39 is 0 Å². The number of anilines is 1. The van der Waals surface area contributed by atoms with E-state index >= 15 is 0 Å². The molecule has 1 aliphatic rings. The highest BCUT2D eigenvalue weighted by atomic mass is 35.5. The van der Waals surface area contributed by atoms with Crippen LogP contribution in [0.25, 0.3) is 0 Å². The van der Waals surface area contributed by atoms with Gasteiger partial charge in [0.05, 0.1) is 12.4 Å². The summed E-state index contributed by atoms with van der Waals surface area (Å²) >= 11 is 6.91. The van der Waals surface area contributed by atoms with Gasteiger partial charge in [-0.1, -0.05) is 23.4 Å². The highest BCUT2D eigenvalue weighted by Gasteiger charge is 2.31. The van der Waals surface area contributed by atoms with Gasteiger partial charge in [-0.25, -0.2) is 9.97 Å². The van der Waals surface area contributed by atoms with Crippen LogP contribution in [0, 0.1) is 5.92 Å². The fourth-order valence-corrected chi connectivity index (χ4v) is 2.59. The molecule has 0 N–H and O–H groups in total. The second kappa shape index (κ2) is 5.67. The van der Waals surface area contributed by atoms with Gasteiger partial charge in [0.15, 0.2) is 10.9 Å². The van der Waals surface area contributed by atoms with E-state index in [1.54, 1.807) is 4.90 Å². The van der Waals surface area contributed by atoms with Gasteiger partial charge in [-0.3, -0.25) is 14.5 Å². The molecule has 2 rings (SSSR count). The Balaban J connectivity index is 2.00. The summed E-state index contributed by atoms with van der Waals surface area (Å²) < 4.78 is 0. The summed E-state index contributed by atoms with van der Waals surface area (Å²) in [6, 6.07) is 0. The Morgan fingerprint density at radius 3 is 2.94 bits per heavy atom. The first kappa shape index (κ1) is 13.3. The van der Waals surface area contributed by atoms with E-state index in [1.165, 1.54) is 31.1 Å². The largest absolute Gasteiger partial charge is 0.295 e. The highest BCUT2D eigenvalue weighted by molar-refractivity contribution is 8.13. The monoisotopic (exact) mass is 285 g/mol. The van der Waals surface area contributed by atoms with Crippen molar-refractivity contribution < 1.29 is 9.59 Å². The molecular formula is C11H12ClN3O2S. The van der Waals surface area contributed by atoms with E-state index in [1.807, 2.05) is 0 Å². The summed E-state index contributed by atoms with van der Waals surface area (Å²) in [5.74, 6) is 1.38. The maximum absolute atomic E-state index is 11.8. The lowest BCUT2D eigenvalue weighted by Crippen LogP contribution is -2.25. The summed E-state index contributed by atoms with van der Waals surface area (Å²) in [4.78, 5) is 32.3. The maximum atomic E-state index is 11.8. The van der Waals surface area contributed by atoms with E-state index in [0.29, 0.717) is 29.7 Å². The predicted molar refractivity (Wildman–Crippen MR) is 70.6 cm³/mol. The Bertz CT molecular complexity index is 466. The summed E-state index contributed by atoms with van der Waals surface area (Å²) in [5.41, 5.74) is 0. The average molecular weight is 286 g/mol. The zero-order chi connectivity index (χ0) is 13.1. The number of nitrogens with zero attached hydrogens (tertiary/aromatic N) is 3. The SMILES string of the molecule is CC(=O)SCC1CC(=O)N(c2cnc(Cl)cn2)C1. The van der Waals surface area contributed by atoms with Crippen LogP contribution in [0.5, 0.6) is 0 Å². The molecular weight excluding hydrogens is 274 g/mol. The molecule has 1 unspecified atom stereocenters. The molecule has 0 aliphatic carbocycles. The van der Waals surface area contributed by atoms with E-state index in [4.69, 9.17) is 11.6 Å². The first-order chi connectivity index (χ1) is 8.56. The number of aromatic nitrogens is 2. The number of hydrogen-bond acceptors (Lipinski definition) is 5. The third-order valence-electron chi connectivity index (χ3n) is 2.61. The Hall–Kier alpha value is -1.14. The van der Waals surface area contributed by atoms with Crippen molar-refractivity contribution in [2.75, 3.05) is 17.2 Å². The van der Waals surface area contributed by atoms with E-state index in [-0.39, 0.29) is 16.9 Å². The number of hydrogen-bond donors (Lipinski definition) is 0. The molecule has 2 heterocycles. The van der Waals surface area contributed by atoms with Gasteiger partial charge in [0, 0.05) is 25.6 Å². The first-order valence-electron chi connectivity index (χ1n) is 5.47. The van der Waals surface area contributed by atoms with E-state index in [9.17, 15) is 9.59 Å². The van der Waals surface area contributed by atoms with Crippen LogP contribution in [-0.2, 0) is 9.59 Å². The Morgan fingerprint density at radius 1 is 1.56 bits per heavy atom. The van der Waals surface area contributed by atoms with Crippen molar-refractivity contribution in [3.05, 3.63) is 17.5 Å². The molecule has 18 heavy (non-hydrogen) atoms. The van der Waals surface area contributed by atoms with Gasteiger partial charge in [-0.05, 0) is 5.92 Å². The van der Waals surface area contributed by atoms with Gasteiger partial charge in [0.1, 0.15) is 5.15 Å². The van der Waals surface area contributed by atoms with Crippen molar-refractivity contribution >= 4 is 40.2 Å². The zero-order valence-electron chi connectivity index (χ0n) is 9.80. The van der Waals surface area contributed by atoms with Crippen LogP contribution in [0.15, 0.2) is 12.4 Å². The molecule has 1 fully saturated rings. The van der Waals surface area contributed by atoms with Crippen LogP contribution in [-0.4, -0.2) is 33.3 Å². The fourth-order valence-electron chi connectivity index (χ4n) is 1.79. The first-order valence-corrected chi connectivity index (χ1v) is 6.84. The van der Waals surface area contributed by atoms with Crippen molar-refractivity contribution in [2.24, 2.45) is 5.92 Å². The average Bonchev–Trinajstić information content (AvgIpc) is 2.69. The molecule has 96 valence electrons. The Morgan fingerprint density at radius 2 is 2.33 bits per heavy atom. The van der Waals surface area contributed by atoms with Crippen molar-refractivity contribution in [3.63, 3.8) is 0 Å². The summed E-state index contributed by atoms with van der Waals surface area (Å²) in [6.07, 6.45) is 3.35. The van der Waals surface area contributed by atoms with Crippen LogP contribution in [0.3, 0.4) is 0 Å². The molecule has 0 bridgehead atoms. The quantitative estimate of drug-likeness (QED) is 0.847. The van der Waals surface area contributed by atoms with Crippen LogP contribution in [0.2, 0.25) is 5.15 Å². The molecule has 0 spiro atoms. The van der Waals surface area contributed by atoms with Gasteiger partial charge in [-0.2, -0.15) is 0 Å². The summed E-state index contributed by atoms with van der Waals surface area (Å²) in [7, 11) is 0. The minimum Gasteiger partial charge on any atom is -0.295 e. The molecule has 0 aromatic carbocycles. The van der Waals surface area contributed by atoms with Gasteiger partial charge < -0.3 is 0 Å². The maximum Gasteiger partial charge on any atom is 0.228 e. The Kier molecular flexibility index (Phi) is 4.19. The lowest BCUT2D eigenvalue weighted by molar-refractivity contribution is -0.117. The second-order valence-corrected chi connectivity index (χ2v) is 5.66. The van der Waals surface area contributed by atoms with Crippen molar-refractivity contribution in [1.82, 2.24) is 9.97 Å². The van der Waals surface area contributed by atoms with Gasteiger partial charge in [0.2, 0.25) is 5.91 Å². The topological polar surface area (TPSA) is 63.2 Å². The van der Waals surface area contributed by atoms with Crippen LogP contribution >= 0.6 is 23.4 Å². The number of thioether (sulfide) groups is 1. The number of carbonyl (C=O) groups excluding carboxylic acids is 2. The smallest absolute Gasteiger partial charge is 0.228 e. The molecule has 1 saturated heterocycles. The lowest BCUT2D eigenvalue weighted by atomic mass is 10.1. The fraction of sp³-hybridized carbons (Fsp3) is 0.455. The normalized spacial score (nSPS) is 19.3. The van der Waals surface area contributed by atoms with Crippen LogP contribution in [0.1, 0.15) is 13.3 Å².